The van der Waals surface area contributed by atoms with Gasteiger partial charge in [0.05, 0.1) is 5.54 Å². The minimum absolute atomic E-state index is 0.0667. The summed E-state index contributed by atoms with van der Waals surface area (Å²) in [5.41, 5.74) is 5.29. The highest BCUT2D eigenvalue weighted by Crippen LogP contribution is 2.33. The van der Waals surface area contributed by atoms with Crippen LogP contribution in [0.15, 0.2) is 0 Å². The number of hydrogen-bond donors (Lipinski definition) is 2. The van der Waals surface area contributed by atoms with Gasteiger partial charge in [0.25, 0.3) is 0 Å². The third-order valence-corrected chi connectivity index (χ3v) is 3.60. The molecule has 0 aromatic carbocycles. The molecule has 2 unspecified atom stereocenters. The zero-order chi connectivity index (χ0) is 10.2. The predicted molar refractivity (Wildman–Crippen MR) is 55.7 cm³/mol. The first-order valence-electron chi connectivity index (χ1n) is 5.67. The van der Waals surface area contributed by atoms with Gasteiger partial charge in [-0.2, -0.15) is 0 Å². The number of nitrogens with one attached hydrogen (secondary N) is 1. The van der Waals surface area contributed by atoms with Crippen molar-refractivity contribution in [2.45, 2.75) is 44.6 Å². The fourth-order valence-corrected chi connectivity index (χ4v) is 2.29. The topological polar surface area (TPSA) is 55.1 Å². The van der Waals surface area contributed by atoms with Crippen molar-refractivity contribution < 1.29 is 4.79 Å². The maximum atomic E-state index is 11.5. The number of amides is 1. The Bertz CT molecular complexity index is 235. The first-order chi connectivity index (χ1) is 6.60. The van der Waals surface area contributed by atoms with Gasteiger partial charge in [0.2, 0.25) is 5.91 Å². The monoisotopic (exact) mass is 196 g/mol. The highest BCUT2D eigenvalue weighted by Gasteiger charge is 2.45. The number of hydrogen-bond acceptors (Lipinski definition) is 2. The fourth-order valence-electron chi connectivity index (χ4n) is 2.29. The van der Waals surface area contributed by atoms with Gasteiger partial charge in [-0.25, -0.2) is 0 Å². The molecule has 80 valence electrons. The van der Waals surface area contributed by atoms with Crippen LogP contribution in [0.3, 0.4) is 0 Å². The van der Waals surface area contributed by atoms with Crippen LogP contribution in [0.2, 0.25) is 0 Å². The third-order valence-electron chi connectivity index (χ3n) is 3.60. The van der Waals surface area contributed by atoms with E-state index < -0.39 is 5.54 Å². The molecule has 3 heteroatoms. The van der Waals surface area contributed by atoms with Crippen LogP contribution in [0.5, 0.6) is 0 Å². The summed E-state index contributed by atoms with van der Waals surface area (Å²) >= 11 is 0. The molecule has 3 nitrogen and oxygen atoms in total. The van der Waals surface area contributed by atoms with Crippen molar-refractivity contribution in [1.82, 2.24) is 5.32 Å². The van der Waals surface area contributed by atoms with Crippen molar-refractivity contribution >= 4 is 5.91 Å². The Morgan fingerprint density at radius 2 is 2.21 bits per heavy atom. The van der Waals surface area contributed by atoms with E-state index in [-0.39, 0.29) is 5.91 Å². The number of carbonyl (C=O) groups excluding carboxylic acids is 1. The number of rotatable bonds is 3. The van der Waals surface area contributed by atoms with Gasteiger partial charge in [-0.15, -0.1) is 0 Å². The Kier molecular flexibility index (Phi) is 2.52. The van der Waals surface area contributed by atoms with Crippen LogP contribution in [-0.4, -0.2) is 18.0 Å². The molecule has 1 amide bonds. The Hall–Kier alpha value is -0.570. The summed E-state index contributed by atoms with van der Waals surface area (Å²) in [6, 6.07) is 0. The first-order valence-corrected chi connectivity index (χ1v) is 5.67. The van der Waals surface area contributed by atoms with Gasteiger partial charge in [-0.05, 0) is 37.5 Å². The molecule has 2 fully saturated rings. The summed E-state index contributed by atoms with van der Waals surface area (Å²) < 4.78 is 0. The van der Waals surface area contributed by atoms with Crippen LogP contribution in [0.1, 0.15) is 39.0 Å². The van der Waals surface area contributed by atoms with Crippen LogP contribution < -0.4 is 11.1 Å². The van der Waals surface area contributed by atoms with Gasteiger partial charge in [0.15, 0.2) is 0 Å². The Labute approximate surface area is 85.4 Å². The van der Waals surface area contributed by atoms with E-state index in [1.54, 1.807) is 0 Å². The molecule has 0 aliphatic heterocycles. The molecule has 0 bridgehead atoms. The largest absolute Gasteiger partial charge is 0.354 e. The third kappa shape index (κ3) is 2.08. The normalized spacial score (nSPS) is 34.1. The maximum absolute atomic E-state index is 11.5. The molecule has 14 heavy (non-hydrogen) atoms. The summed E-state index contributed by atoms with van der Waals surface area (Å²) in [5.74, 6) is 1.60. The molecular formula is C11H20N2O. The van der Waals surface area contributed by atoms with E-state index in [9.17, 15) is 4.79 Å². The fraction of sp³-hybridized carbons (Fsp3) is 0.909. The van der Waals surface area contributed by atoms with E-state index >= 15 is 0 Å². The Morgan fingerprint density at radius 1 is 1.50 bits per heavy atom. The van der Waals surface area contributed by atoms with Gasteiger partial charge in [0, 0.05) is 6.54 Å². The second-order valence-electron chi connectivity index (χ2n) is 5.15. The van der Waals surface area contributed by atoms with Crippen molar-refractivity contribution in [1.29, 1.82) is 0 Å². The lowest BCUT2D eigenvalue weighted by molar-refractivity contribution is -0.123. The lowest BCUT2D eigenvalue weighted by Crippen LogP contribution is -2.44. The van der Waals surface area contributed by atoms with Gasteiger partial charge < -0.3 is 11.1 Å². The van der Waals surface area contributed by atoms with Gasteiger partial charge in [0.1, 0.15) is 0 Å². The van der Waals surface area contributed by atoms with Crippen LogP contribution in [-0.2, 0) is 4.79 Å². The minimum Gasteiger partial charge on any atom is -0.354 e. The van der Waals surface area contributed by atoms with Crippen molar-refractivity contribution in [3.63, 3.8) is 0 Å². The van der Waals surface area contributed by atoms with Crippen molar-refractivity contribution in [3.05, 3.63) is 0 Å². The van der Waals surface area contributed by atoms with Crippen LogP contribution in [0.4, 0.5) is 0 Å². The lowest BCUT2D eigenvalue weighted by Gasteiger charge is -2.13. The standard InChI is InChI=1S/C11H20N2O/c1-8-2-3-9(6-8)7-13-10(14)11(12)4-5-11/h8-9H,2-7,12H2,1H3,(H,13,14). The average Bonchev–Trinajstić information content (AvgIpc) is 2.76. The van der Waals surface area contributed by atoms with Crippen molar-refractivity contribution in [3.8, 4) is 0 Å². The molecule has 0 aromatic heterocycles. The van der Waals surface area contributed by atoms with E-state index in [0.717, 1.165) is 25.3 Å². The van der Waals surface area contributed by atoms with Gasteiger partial charge in [-0.1, -0.05) is 13.3 Å². The molecule has 2 saturated carbocycles. The van der Waals surface area contributed by atoms with Crippen molar-refractivity contribution in [2.24, 2.45) is 17.6 Å². The second kappa shape index (κ2) is 3.54. The predicted octanol–water partition coefficient (Wildman–Crippen LogP) is 1.03. The number of carbonyl (C=O) groups is 1. The molecule has 0 saturated heterocycles. The first kappa shape index (κ1) is 9.97. The Balaban J connectivity index is 1.70. The summed E-state index contributed by atoms with van der Waals surface area (Å²) in [5, 5.41) is 2.98. The number of nitrogens with two attached hydrogens (primary N) is 1. The van der Waals surface area contributed by atoms with Crippen LogP contribution >= 0.6 is 0 Å². The molecule has 0 radical (unpaired) electrons. The van der Waals surface area contributed by atoms with Crippen LogP contribution in [0.25, 0.3) is 0 Å². The summed E-state index contributed by atoms with van der Waals surface area (Å²) in [7, 11) is 0. The summed E-state index contributed by atoms with van der Waals surface area (Å²) in [6.07, 6.45) is 5.56. The molecule has 0 spiro atoms. The van der Waals surface area contributed by atoms with Crippen molar-refractivity contribution in [2.75, 3.05) is 6.54 Å². The molecule has 0 aromatic rings. The highest BCUT2D eigenvalue weighted by molar-refractivity contribution is 5.88. The molecule has 3 N–H and O–H groups in total. The molecule has 0 heterocycles. The molecular weight excluding hydrogens is 176 g/mol. The second-order valence-corrected chi connectivity index (χ2v) is 5.15. The summed E-state index contributed by atoms with van der Waals surface area (Å²) in [4.78, 5) is 11.5. The smallest absolute Gasteiger partial charge is 0.240 e. The quantitative estimate of drug-likeness (QED) is 0.708. The zero-order valence-corrected chi connectivity index (χ0v) is 8.88. The van der Waals surface area contributed by atoms with E-state index in [4.69, 9.17) is 5.73 Å². The molecule has 2 atom stereocenters. The SMILES string of the molecule is CC1CCC(CNC(=O)C2(N)CC2)C1. The Morgan fingerprint density at radius 3 is 2.71 bits per heavy atom. The van der Waals surface area contributed by atoms with E-state index in [0.29, 0.717) is 5.92 Å². The van der Waals surface area contributed by atoms with Crippen LogP contribution in [0, 0.1) is 11.8 Å². The molecule has 2 rings (SSSR count). The van der Waals surface area contributed by atoms with E-state index in [1.807, 2.05) is 0 Å². The molecule has 2 aliphatic rings. The lowest BCUT2D eigenvalue weighted by atomic mass is 10.1. The molecule has 2 aliphatic carbocycles. The average molecular weight is 196 g/mol. The zero-order valence-electron chi connectivity index (χ0n) is 8.88. The maximum Gasteiger partial charge on any atom is 0.240 e. The minimum atomic E-state index is -0.496. The highest BCUT2D eigenvalue weighted by atomic mass is 16.2. The van der Waals surface area contributed by atoms with E-state index in [1.165, 1.54) is 19.3 Å². The van der Waals surface area contributed by atoms with E-state index in [2.05, 4.69) is 12.2 Å². The van der Waals surface area contributed by atoms with Gasteiger partial charge >= 0.3 is 0 Å². The van der Waals surface area contributed by atoms with Gasteiger partial charge in [-0.3, -0.25) is 4.79 Å². The summed E-state index contributed by atoms with van der Waals surface area (Å²) in [6.45, 7) is 3.12.